The van der Waals surface area contributed by atoms with Gasteiger partial charge in [-0.2, -0.15) is 5.10 Å². The molecule has 0 radical (unpaired) electrons. The van der Waals surface area contributed by atoms with Gasteiger partial charge in [0.25, 0.3) is 0 Å². The van der Waals surface area contributed by atoms with Gasteiger partial charge in [-0.15, -0.1) is 0 Å². The second-order valence-electron chi connectivity index (χ2n) is 5.47. The third-order valence-corrected chi connectivity index (χ3v) is 3.70. The van der Waals surface area contributed by atoms with E-state index in [1.54, 1.807) is 28.9 Å². The quantitative estimate of drug-likeness (QED) is 0.728. The van der Waals surface area contributed by atoms with Gasteiger partial charge < -0.3 is 19.7 Å². The molecular formula is C17H18N4O4. The van der Waals surface area contributed by atoms with E-state index in [0.29, 0.717) is 29.4 Å². The predicted octanol–water partition coefficient (Wildman–Crippen LogP) is 2.35. The minimum Gasteiger partial charge on any atom is -0.454 e. The standard InChI is InChI=1S/C9H12N4O.C8H6O3/c1-6-8(7(2)14-12-6)5-13-4-3-9(10)11-13;9-4-6-1-2-7-8(3-6)11-5-10-7/h3-4H,5H2,1-2H3,(H2,10,11);1-4H,5H2. The minimum absolute atomic E-state index is 0.248. The highest BCUT2D eigenvalue weighted by molar-refractivity contribution is 5.76. The van der Waals surface area contributed by atoms with E-state index in [1.807, 2.05) is 20.0 Å². The van der Waals surface area contributed by atoms with Gasteiger partial charge in [0.05, 0.1) is 12.2 Å². The number of benzene rings is 1. The number of hydrogen-bond acceptors (Lipinski definition) is 7. The minimum atomic E-state index is 0.248. The highest BCUT2D eigenvalue weighted by atomic mass is 16.7. The Morgan fingerprint density at radius 1 is 1.24 bits per heavy atom. The van der Waals surface area contributed by atoms with Crippen molar-refractivity contribution < 1.29 is 18.8 Å². The van der Waals surface area contributed by atoms with Crippen LogP contribution in [0.4, 0.5) is 5.82 Å². The first-order chi connectivity index (χ1) is 12.1. The van der Waals surface area contributed by atoms with Crippen LogP contribution in [0.2, 0.25) is 0 Å². The lowest BCUT2D eigenvalue weighted by Crippen LogP contribution is -2.02. The van der Waals surface area contributed by atoms with Crippen LogP contribution in [0.15, 0.2) is 35.0 Å². The molecule has 0 saturated carbocycles. The number of nitrogens with zero attached hydrogens (tertiary/aromatic N) is 3. The summed E-state index contributed by atoms with van der Waals surface area (Å²) in [5.41, 5.74) is 8.08. The monoisotopic (exact) mass is 342 g/mol. The molecule has 0 saturated heterocycles. The van der Waals surface area contributed by atoms with Gasteiger partial charge in [0.1, 0.15) is 17.9 Å². The van der Waals surface area contributed by atoms with E-state index in [2.05, 4.69) is 10.3 Å². The molecule has 0 unspecified atom stereocenters. The fourth-order valence-electron chi connectivity index (χ4n) is 2.34. The highest BCUT2D eigenvalue weighted by Crippen LogP contribution is 2.31. The lowest BCUT2D eigenvalue weighted by atomic mass is 10.2. The number of nitrogens with two attached hydrogens (primary N) is 1. The van der Waals surface area contributed by atoms with Gasteiger partial charge in [-0.3, -0.25) is 9.48 Å². The van der Waals surface area contributed by atoms with Crippen molar-refractivity contribution in [2.45, 2.75) is 20.4 Å². The molecule has 0 aliphatic carbocycles. The van der Waals surface area contributed by atoms with Crippen LogP contribution >= 0.6 is 0 Å². The van der Waals surface area contributed by atoms with Crippen LogP contribution in [0.5, 0.6) is 11.5 Å². The molecule has 25 heavy (non-hydrogen) atoms. The summed E-state index contributed by atoms with van der Waals surface area (Å²) < 4.78 is 16.9. The summed E-state index contributed by atoms with van der Waals surface area (Å²) in [5.74, 6) is 2.71. The normalized spacial score (nSPS) is 11.8. The van der Waals surface area contributed by atoms with Crippen LogP contribution in [-0.4, -0.2) is 28.0 Å². The van der Waals surface area contributed by atoms with Gasteiger partial charge in [-0.05, 0) is 38.1 Å². The molecule has 8 heteroatoms. The van der Waals surface area contributed by atoms with Crippen LogP contribution in [0.25, 0.3) is 0 Å². The van der Waals surface area contributed by atoms with Crippen molar-refractivity contribution in [3.63, 3.8) is 0 Å². The molecule has 8 nitrogen and oxygen atoms in total. The second-order valence-corrected chi connectivity index (χ2v) is 5.47. The number of carbonyl (C=O) groups is 1. The van der Waals surface area contributed by atoms with E-state index in [1.165, 1.54) is 0 Å². The van der Waals surface area contributed by atoms with E-state index >= 15 is 0 Å². The van der Waals surface area contributed by atoms with Gasteiger partial charge in [-0.1, -0.05) is 5.16 Å². The summed E-state index contributed by atoms with van der Waals surface area (Å²) in [4.78, 5) is 10.3. The smallest absolute Gasteiger partial charge is 0.231 e. The Morgan fingerprint density at radius 2 is 2.04 bits per heavy atom. The van der Waals surface area contributed by atoms with Crippen molar-refractivity contribution in [1.82, 2.24) is 14.9 Å². The Morgan fingerprint density at radius 3 is 2.68 bits per heavy atom. The third kappa shape index (κ3) is 3.79. The Kier molecular flexibility index (Phi) is 4.69. The Bertz CT molecular complexity index is 865. The Balaban J connectivity index is 0.000000150. The number of ether oxygens (including phenoxy) is 2. The molecule has 0 amide bonds. The molecule has 0 fully saturated rings. The lowest BCUT2D eigenvalue weighted by molar-refractivity contribution is 0.112. The Labute approximate surface area is 144 Å². The van der Waals surface area contributed by atoms with Gasteiger partial charge in [-0.25, -0.2) is 0 Å². The number of hydrogen-bond donors (Lipinski definition) is 1. The number of carbonyl (C=O) groups excluding carboxylic acids is 1. The number of nitrogen functional groups attached to an aromatic ring is 1. The highest BCUT2D eigenvalue weighted by Gasteiger charge is 2.12. The molecule has 2 aromatic heterocycles. The van der Waals surface area contributed by atoms with E-state index in [4.69, 9.17) is 19.7 Å². The molecule has 4 rings (SSSR count). The summed E-state index contributed by atoms with van der Waals surface area (Å²) in [6, 6.07) is 6.85. The second kappa shape index (κ2) is 7.08. The zero-order chi connectivity index (χ0) is 17.8. The van der Waals surface area contributed by atoms with Crippen molar-refractivity contribution >= 4 is 12.1 Å². The maximum absolute atomic E-state index is 10.3. The van der Waals surface area contributed by atoms with Crippen molar-refractivity contribution in [2.24, 2.45) is 0 Å². The first kappa shape index (κ1) is 16.6. The SMILES string of the molecule is Cc1noc(C)c1Cn1ccc(N)n1.O=Cc1ccc2c(c1)OCO2. The fourth-order valence-corrected chi connectivity index (χ4v) is 2.34. The first-order valence-corrected chi connectivity index (χ1v) is 7.62. The number of rotatable bonds is 3. The lowest BCUT2D eigenvalue weighted by Gasteiger charge is -1.99. The Hall–Kier alpha value is -3.29. The maximum atomic E-state index is 10.3. The van der Waals surface area contributed by atoms with Crippen LogP contribution in [-0.2, 0) is 6.54 Å². The molecule has 1 aromatic carbocycles. The zero-order valence-electron chi connectivity index (χ0n) is 13.9. The third-order valence-electron chi connectivity index (χ3n) is 3.70. The van der Waals surface area contributed by atoms with Crippen molar-refractivity contribution in [1.29, 1.82) is 0 Å². The van der Waals surface area contributed by atoms with Crippen LogP contribution in [0, 0.1) is 13.8 Å². The van der Waals surface area contributed by atoms with Crippen LogP contribution in [0.3, 0.4) is 0 Å². The number of aryl methyl sites for hydroxylation is 2. The molecule has 2 N–H and O–H groups in total. The summed E-state index contributed by atoms with van der Waals surface area (Å²) in [6.45, 7) is 4.71. The topological polar surface area (TPSA) is 105 Å². The average molecular weight is 342 g/mol. The molecule has 0 spiro atoms. The van der Waals surface area contributed by atoms with Gasteiger partial charge in [0.15, 0.2) is 11.5 Å². The molecule has 3 heterocycles. The fraction of sp³-hybridized carbons (Fsp3) is 0.235. The van der Waals surface area contributed by atoms with Crippen LogP contribution in [0.1, 0.15) is 27.4 Å². The number of aldehydes is 1. The van der Waals surface area contributed by atoms with Crippen molar-refractivity contribution in [2.75, 3.05) is 12.5 Å². The molecule has 3 aromatic rings. The van der Waals surface area contributed by atoms with E-state index < -0.39 is 0 Å². The summed E-state index contributed by atoms with van der Waals surface area (Å²) in [6.07, 6.45) is 2.61. The van der Waals surface area contributed by atoms with Gasteiger partial charge >= 0.3 is 0 Å². The van der Waals surface area contributed by atoms with Crippen molar-refractivity contribution in [3.05, 3.63) is 53.0 Å². The summed E-state index contributed by atoms with van der Waals surface area (Å²) >= 11 is 0. The maximum Gasteiger partial charge on any atom is 0.231 e. The van der Waals surface area contributed by atoms with Crippen LogP contribution < -0.4 is 15.2 Å². The largest absolute Gasteiger partial charge is 0.454 e. The molecule has 1 aliphatic rings. The first-order valence-electron chi connectivity index (χ1n) is 7.62. The number of aromatic nitrogens is 3. The van der Waals surface area contributed by atoms with E-state index in [9.17, 15) is 4.79 Å². The molecule has 0 bridgehead atoms. The van der Waals surface area contributed by atoms with Gasteiger partial charge in [0.2, 0.25) is 6.79 Å². The number of fused-ring (bicyclic) bond motifs is 1. The zero-order valence-corrected chi connectivity index (χ0v) is 13.9. The summed E-state index contributed by atoms with van der Waals surface area (Å²) in [7, 11) is 0. The van der Waals surface area contributed by atoms with Gasteiger partial charge in [0, 0.05) is 17.3 Å². The molecule has 130 valence electrons. The molecule has 1 aliphatic heterocycles. The molecule has 0 atom stereocenters. The van der Waals surface area contributed by atoms with Crippen molar-refractivity contribution in [3.8, 4) is 11.5 Å². The number of anilines is 1. The van der Waals surface area contributed by atoms with E-state index in [-0.39, 0.29) is 6.79 Å². The average Bonchev–Trinajstić information content (AvgIpc) is 3.32. The molecular weight excluding hydrogens is 324 g/mol. The summed E-state index contributed by atoms with van der Waals surface area (Å²) in [5, 5.41) is 7.96. The van der Waals surface area contributed by atoms with E-state index in [0.717, 1.165) is 23.3 Å². The predicted molar refractivity (Wildman–Crippen MR) is 89.7 cm³/mol.